The van der Waals surface area contributed by atoms with E-state index in [9.17, 15) is 0 Å². The van der Waals surface area contributed by atoms with Crippen molar-refractivity contribution in [1.29, 1.82) is 0 Å². The van der Waals surface area contributed by atoms with Gasteiger partial charge in [0, 0.05) is 32.4 Å². The smallest absolute Gasteiger partial charge is 0.127 e. The molecule has 0 bridgehead atoms. The van der Waals surface area contributed by atoms with E-state index in [1.54, 1.807) is 6.20 Å². The van der Waals surface area contributed by atoms with Gasteiger partial charge in [-0.15, -0.1) is 5.10 Å². The molecular formula is C26H17ClN4O. The van der Waals surface area contributed by atoms with Crippen molar-refractivity contribution in [2.75, 3.05) is 0 Å². The largest absolute Gasteiger partial charge is 0.457 e. The fourth-order valence-electron chi connectivity index (χ4n) is 3.93. The number of nitrogens with zero attached hydrogens (tertiary/aromatic N) is 3. The molecule has 0 radical (unpaired) electrons. The van der Waals surface area contributed by atoms with E-state index in [1.165, 1.54) is 0 Å². The summed E-state index contributed by atoms with van der Waals surface area (Å²) in [5.74, 6) is 1.58. The minimum absolute atomic E-state index is 0.711. The van der Waals surface area contributed by atoms with Crippen molar-refractivity contribution in [2.24, 2.45) is 0 Å². The van der Waals surface area contributed by atoms with Gasteiger partial charge in [-0.05, 0) is 72.8 Å². The molecule has 6 rings (SSSR count). The molecule has 4 aromatic carbocycles. The second-order valence-corrected chi connectivity index (χ2v) is 7.95. The number of nitrogens with one attached hydrogen (secondary N) is 1. The Kier molecular flexibility index (Phi) is 4.40. The van der Waals surface area contributed by atoms with Gasteiger partial charge < -0.3 is 9.72 Å². The van der Waals surface area contributed by atoms with Crippen molar-refractivity contribution >= 4 is 33.4 Å². The van der Waals surface area contributed by atoms with E-state index in [2.05, 4.69) is 27.4 Å². The minimum Gasteiger partial charge on any atom is -0.457 e. The summed E-state index contributed by atoms with van der Waals surface area (Å²) in [7, 11) is 0. The van der Waals surface area contributed by atoms with Gasteiger partial charge in [-0.3, -0.25) is 0 Å². The van der Waals surface area contributed by atoms with Crippen LogP contribution in [0.1, 0.15) is 0 Å². The van der Waals surface area contributed by atoms with Crippen molar-refractivity contribution in [2.45, 2.75) is 0 Å². The Bertz CT molecular complexity index is 1550. The first-order valence-corrected chi connectivity index (χ1v) is 10.6. The SMILES string of the molecule is Clc1ccc2[nH]c3ccc(-n4nncc4-c4ccc(Oc5ccccc5)cc4)cc3c2c1. The fourth-order valence-corrected chi connectivity index (χ4v) is 4.10. The molecule has 32 heavy (non-hydrogen) atoms. The van der Waals surface area contributed by atoms with Crippen molar-refractivity contribution < 1.29 is 4.74 Å². The Balaban J connectivity index is 1.37. The number of fused-ring (bicyclic) bond motifs is 3. The van der Waals surface area contributed by atoms with E-state index < -0.39 is 0 Å². The molecule has 0 unspecified atom stereocenters. The summed E-state index contributed by atoms with van der Waals surface area (Å²) < 4.78 is 7.75. The lowest BCUT2D eigenvalue weighted by Crippen LogP contribution is -1.99. The standard InChI is InChI=1S/C26H17ClN4O/c27-18-8-12-24-22(14-18)23-15-19(9-13-25(23)29-24)31-26(16-28-30-31)17-6-10-21(11-7-17)32-20-4-2-1-3-5-20/h1-16,29H. The van der Waals surface area contributed by atoms with Crippen LogP contribution in [0, 0.1) is 0 Å². The van der Waals surface area contributed by atoms with Crippen molar-refractivity contribution in [3.05, 3.63) is 102 Å². The average Bonchev–Trinajstić information content (AvgIpc) is 3.45. The third kappa shape index (κ3) is 3.29. The number of para-hydroxylation sites is 1. The quantitative estimate of drug-likeness (QED) is 0.323. The zero-order valence-corrected chi connectivity index (χ0v) is 17.6. The normalized spacial score (nSPS) is 11.3. The number of hydrogen-bond acceptors (Lipinski definition) is 3. The predicted molar refractivity (Wildman–Crippen MR) is 128 cm³/mol. The Morgan fingerprint density at radius 1 is 0.750 bits per heavy atom. The zero-order valence-electron chi connectivity index (χ0n) is 16.9. The fraction of sp³-hybridized carbons (Fsp3) is 0. The van der Waals surface area contributed by atoms with Gasteiger partial charge in [-0.2, -0.15) is 0 Å². The molecule has 0 saturated heterocycles. The first-order valence-electron chi connectivity index (χ1n) is 10.2. The maximum atomic E-state index is 6.23. The Labute approximate surface area is 188 Å². The van der Waals surface area contributed by atoms with Crippen molar-refractivity contribution in [3.8, 4) is 28.4 Å². The highest BCUT2D eigenvalue weighted by atomic mass is 35.5. The van der Waals surface area contributed by atoms with Gasteiger partial charge in [0.1, 0.15) is 11.5 Å². The lowest BCUT2D eigenvalue weighted by molar-refractivity contribution is 0.483. The van der Waals surface area contributed by atoms with E-state index in [0.717, 1.165) is 50.2 Å². The molecule has 0 amide bonds. The second kappa shape index (κ2) is 7.55. The second-order valence-electron chi connectivity index (χ2n) is 7.52. The average molecular weight is 437 g/mol. The number of rotatable bonds is 4. The number of aromatic nitrogens is 4. The minimum atomic E-state index is 0.711. The van der Waals surface area contributed by atoms with Crippen molar-refractivity contribution in [1.82, 2.24) is 20.0 Å². The third-order valence-corrected chi connectivity index (χ3v) is 5.70. The molecule has 154 valence electrons. The van der Waals surface area contributed by atoms with Crippen LogP contribution in [0.4, 0.5) is 0 Å². The van der Waals surface area contributed by atoms with Crippen molar-refractivity contribution in [3.63, 3.8) is 0 Å². The van der Waals surface area contributed by atoms with E-state index >= 15 is 0 Å². The number of hydrogen-bond donors (Lipinski definition) is 1. The Hall–Kier alpha value is -4.09. The van der Waals surface area contributed by atoms with Gasteiger partial charge >= 0.3 is 0 Å². The summed E-state index contributed by atoms with van der Waals surface area (Å²) in [6, 6.07) is 29.7. The summed E-state index contributed by atoms with van der Waals surface area (Å²) in [5.41, 5.74) is 4.92. The summed E-state index contributed by atoms with van der Waals surface area (Å²) >= 11 is 6.23. The molecule has 6 heteroatoms. The van der Waals surface area contributed by atoms with E-state index in [1.807, 2.05) is 83.5 Å². The number of H-pyrrole nitrogens is 1. The molecule has 2 aromatic heterocycles. The van der Waals surface area contributed by atoms with Crippen LogP contribution in [0.5, 0.6) is 11.5 Å². The molecule has 0 atom stereocenters. The lowest BCUT2D eigenvalue weighted by atomic mass is 10.1. The van der Waals surface area contributed by atoms with E-state index in [-0.39, 0.29) is 0 Å². The highest BCUT2D eigenvalue weighted by Crippen LogP contribution is 2.31. The predicted octanol–water partition coefficient (Wildman–Crippen LogP) is 7.01. The summed E-state index contributed by atoms with van der Waals surface area (Å²) in [6.07, 6.45) is 1.77. The number of benzene rings is 4. The number of ether oxygens (including phenoxy) is 1. The summed E-state index contributed by atoms with van der Waals surface area (Å²) in [5, 5.41) is 11.4. The molecule has 0 saturated carbocycles. The summed E-state index contributed by atoms with van der Waals surface area (Å²) in [4.78, 5) is 3.43. The van der Waals surface area contributed by atoms with Gasteiger partial charge in [0.15, 0.2) is 0 Å². The van der Waals surface area contributed by atoms with Gasteiger partial charge in [0.05, 0.1) is 17.6 Å². The van der Waals surface area contributed by atoms with Crippen LogP contribution < -0.4 is 4.74 Å². The number of aromatic amines is 1. The Morgan fingerprint density at radius 3 is 2.28 bits per heavy atom. The lowest BCUT2D eigenvalue weighted by Gasteiger charge is -2.09. The third-order valence-electron chi connectivity index (χ3n) is 5.47. The zero-order chi connectivity index (χ0) is 21.5. The molecule has 0 fully saturated rings. The monoisotopic (exact) mass is 436 g/mol. The van der Waals surface area contributed by atoms with Gasteiger partial charge in [-0.1, -0.05) is 35.0 Å². The first-order chi connectivity index (χ1) is 15.7. The molecular weight excluding hydrogens is 420 g/mol. The van der Waals surface area contributed by atoms with Gasteiger partial charge in [-0.25, -0.2) is 4.68 Å². The summed E-state index contributed by atoms with van der Waals surface area (Å²) in [6.45, 7) is 0. The van der Waals surface area contributed by atoms with Crippen LogP contribution >= 0.6 is 11.6 Å². The van der Waals surface area contributed by atoms with Crippen LogP contribution in [0.25, 0.3) is 38.8 Å². The molecule has 1 N–H and O–H groups in total. The van der Waals surface area contributed by atoms with Crippen LogP contribution in [0.3, 0.4) is 0 Å². The maximum Gasteiger partial charge on any atom is 0.127 e. The molecule has 6 aromatic rings. The maximum absolute atomic E-state index is 6.23. The van der Waals surface area contributed by atoms with Crippen LogP contribution in [0.15, 0.2) is 97.2 Å². The molecule has 0 aliphatic carbocycles. The molecule has 0 aliphatic rings. The molecule has 5 nitrogen and oxygen atoms in total. The van der Waals surface area contributed by atoms with Crippen LogP contribution in [-0.2, 0) is 0 Å². The first kappa shape index (κ1) is 18.7. The molecule has 0 aliphatic heterocycles. The Morgan fingerprint density at radius 2 is 1.47 bits per heavy atom. The highest BCUT2D eigenvalue weighted by Gasteiger charge is 2.12. The number of halogens is 1. The van der Waals surface area contributed by atoms with Gasteiger partial charge in [0.25, 0.3) is 0 Å². The van der Waals surface area contributed by atoms with Crippen LogP contribution in [-0.4, -0.2) is 20.0 Å². The van der Waals surface area contributed by atoms with E-state index in [0.29, 0.717) is 5.02 Å². The molecule has 0 spiro atoms. The molecule has 2 heterocycles. The van der Waals surface area contributed by atoms with Crippen LogP contribution in [0.2, 0.25) is 5.02 Å². The topological polar surface area (TPSA) is 55.7 Å². The van der Waals surface area contributed by atoms with Gasteiger partial charge in [0.2, 0.25) is 0 Å². The highest BCUT2D eigenvalue weighted by molar-refractivity contribution is 6.31. The van der Waals surface area contributed by atoms with E-state index in [4.69, 9.17) is 16.3 Å².